The zero-order chi connectivity index (χ0) is 3.41. The van der Waals surface area contributed by atoms with E-state index in [-0.39, 0.29) is 66.7 Å². The Labute approximate surface area is 91.0 Å². The van der Waals surface area contributed by atoms with Gasteiger partial charge in [0.25, 0.3) is 0 Å². The van der Waals surface area contributed by atoms with Gasteiger partial charge in [0.05, 0.1) is 0 Å². The minimum absolute atomic E-state index is 0. The van der Waals surface area contributed by atoms with E-state index in [2.05, 4.69) is 0 Å². The van der Waals surface area contributed by atoms with Gasteiger partial charge in [-0.3, -0.25) is 0 Å². The topological polar surface area (TPSA) is 52.0 Å². The molecule has 0 amide bonds. The van der Waals surface area contributed by atoms with Crippen LogP contribution in [-0.2, 0) is 17.1 Å². The van der Waals surface area contributed by atoms with Gasteiger partial charge < -0.3 is 36.3 Å². The molecule has 0 atom stereocenters. The predicted octanol–water partition coefficient (Wildman–Crippen LogP) is -6.25. The minimum atomic E-state index is 0. The first-order chi connectivity index (χ1) is 1.91. The summed E-state index contributed by atoms with van der Waals surface area (Å²) in [5.41, 5.74) is 9.81. The molecule has 0 saturated heterocycles. The molecule has 0 saturated carbocycles. The third-order valence-electron chi connectivity index (χ3n) is 0.167. The Morgan fingerprint density at radius 3 is 0.889 bits per heavy atom. The summed E-state index contributed by atoms with van der Waals surface area (Å²) in [7, 11) is 0. The summed E-state index contributed by atoms with van der Waals surface area (Å²) in [6.07, 6.45) is 0. The van der Waals surface area contributed by atoms with E-state index in [4.69, 9.17) is 11.5 Å². The largest absolute Gasteiger partial charge is 2.00 e. The van der Waals surface area contributed by atoms with Gasteiger partial charge in [-0.25, -0.2) is 0 Å². The van der Waals surface area contributed by atoms with Gasteiger partial charge in [-0.2, -0.15) is 0 Å². The molecule has 0 aromatic rings. The molecule has 7 heteroatoms. The molecule has 0 unspecified atom stereocenters. The summed E-state index contributed by atoms with van der Waals surface area (Å²) < 4.78 is 0. The molecule has 0 aromatic heterocycles. The van der Waals surface area contributed by atoms with Crippen LogP contribution in [0, 0.1) is 0 Å². The quantitative estimate of drug-likeness (QED) is 0.461. The van der Waals surface area contributed by atoms with Crippen molar-refractivity contribution in [2.45, 2.75) is 0 Å². The molecule has 0 aromatic carbocycles. The van der Waals surface area contributed by atoms with Crippen molar-refractivity contribution in [2.24, 2.45) is 11.5 Å². The third kappa shape index (κ3) is 82.0. The fourth-order valence-electron chi connectivity index (χ4n) is 0. The number of halogens is 4. The van der Waals surface area contributed by atoms with Gasteiger partial charge in [-0.15, -0.1) is 24.8 Å². The van der Waals surface area contributed by atoms with Gasteiger partial charge in [-0.05, 0) is 0 Å². The zero-order valence-electron chi connectivity index (χ0n) is 4.49. The number of hydrogen-bond donors (Lipinski definition) is 2. The normalized spacial score (nSPS) is 3.33. The van der Waals surface area contributed by atoms with Gasteiger partial charge in [0.2, 0.25) is 0 Å². The average Bonchev–Trinajstić information content (AvgIpc) is 1.37. The SMILES string of the molecule is Cl.Cl.NCCN.[Cl-].[Cl-].[Fe+2]. The van der Waals surface area contributed by atoms with Crippen LogP contribution < -0.4 is 36.3 Å². The second-order valence-corrected chi connectivity index (χ2v) is 0.577. The molecule has 0 aliphatic carbocycles. The van der Waals surface area contributed by atoms with Crippen LogP contribution in [0.15, 0.2) is 0 Å². The van der Waals surface area contributed by atoms with Crippen LogP contribution in [0.2, 0.25) is 0 Å². The summed E-state index contributed by atoms with van der Waals surface area (Å²) in [5, 5.41) is 0. The van der Waals surface area contributed by atoms with Crippen molar-refractivity contribution in [3.63, 3.8) is 0 Å². The van der Waals surface area contributed by atoms with E-state index in [0.717, 1.165) is 0 Å². The first-order valence-corrected chi connectivity index (χ1v) is 1.32. The molecule has 0 aliphatic rings. The van der Waals surface area contributed by atoms with Gasteiger partial charge in [0.15, 0.2) is 0 Å². The molecule has 0 heterocycles. The molecule has 0 spiro atoms. The van der Waals surface area contributed by atoms with Gasteiger partial charge in [0, 0.05) is 13.1 Å². The van der Waals surface area contributed by atoms with E-state index in [1.54, 1.807) is 0 Å². The summed E-state index contributed by atoms with van der Waals surface area (Å²) in [6, 6.07) is 0. The molecule has 9 heavy (non-hydrogen) atoms. The molecule has 0 aliphatic heterocycles. The number of hydrogen-bond acceptors (Lipinski definition) is 2. The summed E-state index contributed by atoms with van der Waals surface area (Å²) in [4.78, 5) is 0. The van der Waals surface area contributed by atoms with Gasteiger partial charge >= 0.3 is 17.1 Å². The van der Waals surface area contributed by atoms with Crippen molar-refractivity contribution in [2.75, 3.05) is 13.1 Å². The van der Waals surface area contributed by atoms with E-state index in [0.29, 0.717) is 13.1 Å². The fraction of sp³-hybridized carbons (Fsp3) is 1.00. The Balaban J connectivity index is -0.00000000450. The first-order valence-electron chi connectivity index (χ1n) is 1.32. The summed E-state index contributed by atoms with van der Waals surface area (Å²) >= 11 is 0. The number of nitrogens with two attached hydrogens (primary N) is 2. The van der Waals surface area contributed by atoms with Gasteiger partial charge in [-0.1, -0.05) is 0 Å². The molecular formula is C2H10Cl4FeN2. The van der Waals surface area contributed by atoms with Crippen LogP contribution >= 0.6 is 24.8 Å². The summed E-state index contributed by atoms with van der Waals surface area (Å²) in [6.45, 7) is 1.19. The fourth-order valence-corrected chi connectivity index (χ4v) is 0. The van der Waals surface area contributed by atoms with E-state index >= 15 is 0 Å². The zero-order valence-corrected chi connectivity index (χ0v) is 8.74. The Bertz CT molecular complexity index is 18.5. The molecule has 2 nitrogen and oxygen atoms in total. The van der Waals surface area contributed by atoms with Crippen molar-refractivity contribution in [1.29, 1.82) is 0 Å². The van der Waals surface area contributed by atoms with Crippen LogP contribution in [0.1, 0.15) is 0 Å². The second kappa shape index (κ2) is 54.8. The molecule has 4 N–H and O–H groups in total. The van der Waals surface area contributed by atoms with E-state index in [1.807, 2.05) is 0 Å². The molecule has 0 fully saturated rings. The van der Waals surface area contributed by atoms with Crippen LogP contribution in [0.4, 0.5) is 0 Å². The van der Waals surface area contributed by atoms with Crippen LogP contribution in [0.5, 0.6) is 0 Å². The van der Waals surface area contributed by atoms with Crippen molar-refractivity contribution in [3.05, 3.63) is 0 Å². The van der Waals surface area contributed by atoms with E-state index in [1.165, 1.54) is 0 Å². The van der Waals surface area contributed by atoms with Gasteiger partial charge in [0.1, 0.15) is 0 Å². The smallest absolute Gasteiger partial charge is 1.00 e. The van der Waals surface area contributed by atoms with Crippen molar-refractivity contribution < 1.29 is 41.9 Å². The maximum absolute atomic E-state index is 4.90. The van der Waals surface area contributed by atoms with E-state index < -0.39 is 0 Å². The molecule has 0 rings (SSSR count). The van der Waals surface area contributed by atoms with E-state index in [9.17, 15) is 0 Å². The number of rotatable bonds is 1. The molecule has 0 bridgehead atoms. The Morgan fingerprint density at radius 1 is 0.778 bits per heavy atom. The summed E-state index contributed by atoms with van der Waals surface area (Å²) in [5.74, 6) is 0. The Hall–Kier alpha value is 1.60. The monoisotopic (exact) mass is 258 g/mol. The maximum atomic E-state index is 4.90. The maximum Gasteiger partial charge on any atom is 2.00 e. The van der Waals surface area contributed by atoms with Crippen LogP contribution in [0.3, 0.4) is 0 Å². The third-order valence-corrected chi connectivity index (χ3v) is 0.167. The Morgan fingerprint density at radius 2 is 0.889 bits per heavy atom. The Kier molecular flexibility index (Phi) is 281. The molecule has 0 radical (unpaired) electrons. The minimum Gasteiger partial charge on any atom is -1.00 e. The van der Waals surface area contributed by atoms with Crippen molar-refractivity contribution in [3.8, 4) is 0 Å². The molecular weight excluding hydrogens is 250 g/mol. The van der Waals surface area contributed by atoms with Crippen LogP contribution in [0.25, 0.3) is 0 Å². The van der Waals surface area contributed by atoms with Crippen LogP contribution in [-0.4, -0.2) is 13.1 Å². The van der Waals surface area contributed by atoms with Crippen molar-refractivity contribution in [1.82, 2.24) is 0 Å². The molecule has 64 valence electrons. The second-order valence-electron chi connectivity index (χ2n) is 0.577. The van der Waals surface area contributed by atoms with Crippen molar-refractivity contribution >= 4 is 24.8 Å². The first kappa shape index (κ1) is 46.2. The average molecular weight is 260 g/mol. The standard InChI is InChI=1S/C2H8N2.4ClH.Fe/c3-1-2-4;;;;;/h1-4H2;4*1H;/q;;;;;+2/p-2. The predicted molar refractivity (Wildman–Crippen MR) is 32.6 cm³/mol.